The van der Waals surface area contributed by atoms with Gasteiger partial charge in [0.2, 0.25) is 0 Å². The third-order valence-corrected chi connectivity index (χ3v) is 3.51. The molecule has 0 amide bonds. The summed E-state index contributed by atoms with van der Waals surface area (Å²) in [4.78, 5) is 0. The van der Waals surface area contributed by atoms with Crippen molar-refractivity contribution in [3.8, 4) is 5.75 Å². The van der Waals surface area contributed by atoms with Crippen molar-refractivity contribution in [1.82, 2.24) is 5.32 Å². The fraction of sp³-hybridized carbons (Fsp3) is 0.400. The molecule has 3 heteroatoms. The molecule has 0 unspecified atom stereocenters. The Hall–Kier alpha value is -0.124. The molecule has 70 valence electrons. The number of rotatable bonds is 2. The molecule has 1 N–H and O–H groups in total. The molecule has 0 spiro atoms. The Balaban J connectivity index is 2.22. The average molecular weight is 372 g/mol. The minimum atomic E-state index is 0.349. The van der Waals surface area contributed by atoms with Gasteiger partial charge in [-0.2, -0.15) is 0 Å². The van der Waals surface area contributed by atoms with Crippen LogP contribution in [0.4, 0.5) is 0 Å². The summed E-state index contributed by atoms with van der Waals surface area (Å²) in [7, 11) is 0. The molecule has 0 atom stereocenters. The van der Waals surface area contributed by atoms with Crippen LogP contribution in [0, 0.1) is 0 Å². The third-order valence-electron chi connectivity index (χ3n) is 2.69. The molecule has 1 heterocycles. The summed E-state index contributed by atoms with van der Waals surface area (Å²) in [6, 6.07) is 8.45. The summed E-state index contributed by atoms with van der Waals surface area (Å²) in [6.45, 7) is 4.47. The van der Waals surface area contributed by atoms with Gasteiger partial charge in [-0.3, -0.25) is 0 Å². The molecule has 1 aliphatic heterocycles. The molecule has 2 rings (SSSR count). The van der Waals surface area contributed by atoms with Crippen molar-refractivity contribution in [3.63, 3.8) is 0 Å². The second-order valence-electron chi connectivity index (χ2n) is 3.78. The predicted octanol–water partition coefficient (Wildman–Crippen LogP) is 0.742. The van der Waals surface area contributed by atoms with Crippen molar-refractivity contribution in [2.45, 2.75) is 12.3 Å². The summed E-state index contributed by atoms with van der Waals surface area (Å²) in [6.07, 6.45) is 0. The molecule has 13 heavy (non-hydrogen) atoms. The van der Waals surface area contributed by atoms with Crippen molar-refractivity contribution < 1.29 is 2.77 Å². The van der Waals surface area contributed by atoms with Crippen LogP contribution in [0.25, 0.3) is 0 Å². The zero-order valence-corrected chi connectivity index (χ0v) is 11.1. The molecule has 0 bridgehead atoms. The van der Waals surface area contributed by atoms with Crippen LogP contribution in [-0.2, 0) is 5.41 Å². The van der Waals surface area contributed by atoms with E-state index in [1.54, 1.807) is 0 Å². The molecule has 1 saturated heterocycles. The van der Waals surface area contributed by atoms with Gasteiger partial charge >= 0.3 is 94.6 Å². The standard InChI is InChI=1S/C10H13NO.Po.H/c1-10(6-11-7-10)8-2-4-9(12)5-3-8;;/h2-5,11-12H,6-7H2,1H3;;/q;+1;/p-1. The second kappa shape index (κ2) is 3.56. The van der Waals surface area contributed by atoms with E-state index in [1.807, 2.05) is 0 Å². The molecule has 1 fully saturated rings. The summed E-state index contributed by atoms with van der Waals surface area (Å²) in [5, 5.41) is 3.30. The van der Waals surface area contributed by atoms with E-state index in [-0.39, 0.29) is 0 Å². The van der Waals surface area contributed by atoms with Crippen LogP contribution in [0.3, 0.4) is 0 Å². The van der Waals surface area contributed by atoms with Crippen LogP contribution in [-0.4, -0.2) is 38.6 Å². The molecular formula is C10H13NOPo. The molecule has 0 saturated carbocycles. The first kappa shape index (κ1) is 9.43. The molecule has 1 aromatic carbocycles. The number of hydrogen-bond acceptors (Lipinski definition) is 2. The zero-order valence-electron chi connectivity index (χ0n) is 7.58. The maximum atomic E-state index is 5.23. The van der Waals surface area contributed by atoms with Crippen LogP contribution in [0.15, 0.2) is 24.3 Å². The quantitative estimate of drug-likeness (QED) is 0.827. The second-order valence-corrected chi connectivity index (χ2v) is 4.49. The molecule has 0 radical (unpaired) electrons. The van der Waals surface area contributed by atoms with Gasteiger partial charge in [0.1, 0.15) is 0 Å². The first-order valence-corrected chi connectivity index (χ1v) is 5.79. The third kappa shape index (κ3) is 1.73. The van der Waals surface area contributed by atoms with E-state index in [4.69, 9.17) is 2.77 Å². The predicted molar refractivity (Wildman–Crippen MR) is 54.4 cm³/mol. The van der Waals surface area contributed by atoms with Crippen molar-refractivity contribution in [3.05, 3.63) is 29.8 Å². The Labute approximate surface area is 94.4 Å². The Morgan fingerprint density at radius 2 is 1.92 bits per heavy atom. The van der Waals surface area contributed by atoms with Crippen LogP contribution in [0.2, 0.25) is 0 Å². The van der Waals surface area contributed by atoms with Crippen LogP contribution < -0.4 is 8.09 Å². The minimum absolute atomic E-state index is 0.349. The van der Waals surface area contributed by atoms with Gasteiger partial charge in [0.15, 0.2) is 0 Å². The van der Waals surface area contributed by atoms with E-state index < -0.39 is 0 Å². The normalized spacial score (nSPS) is 19.2. The first-order valence-electron chi connectivity index (χ1n) is 4.37. The van der Waals surface area contributed by atoms with Crippen LogP contribution in [0.5, 0.6) is 5.75 Å². The molecular weight excluding hydrogens is 359 g/mol. The van der Waals surface area contributed by atoms with Gasteiger partial charge in [-0.1, -0.05) is 0 Å². The Kier molecular flexibility index (Phi) is 2.58. The molecule has 2 nitrogen and oxygen atoms in total. The Morgan fingerprint density at radius 3 is 2.31 bits per heavy atom. The fourth-order valence-corrected chi connectivity index (χ4v) is 2.10. The van der Waals surface area contributed by atoms with Gasteiger partial charge in [0.05, 0.1) is 0 Å². The maximum absolute atomic E-state index is 5.23. The Morgan fingerprint density at radius 1 is 1.31 bits per heavy atom. The topological polar surface area (TPSA) is 21.3 Å². The number of benzene rings is 1. The average Bonchev–Trinajstić information content (AvgIpc) is 2.14. The van der Waals surface area contributed by atoms with Crippen LogP contribution >= 0.6 is 0 Å². The SMILES string of the molecule is CC1(c2ccc([O][PoH])cc2)CNC1. The van der Waals surface area contributed by atoms with Gasteiger partial charge < -0.3 is 0 Å². The van der Waals surface area contributed by atoms with E-state index >= 15 is 0 Å². The Bertz CT molecular complexity index is 292. The number of hydrogen-bond donors (Lipinski definition) is 1. The molecule has 0 aliphatic carbocycles. The summed E-state index contributed by atoms with van der Waals surface area (Å²) < 4.78 is 5.23. The van der Waals surface area contributed by atoms with E-state index in [2.05, 4.69) is 36.5 Å². The van der Waals surface area contributed by atoms with Gasteiger partial charge in [-0.15, -0.1) is 0 Å². The summed E-state index contributed by atoms with van der Waals surface area (Å²) in [5.41, 5.74) is 1.76. The van der Waals surface area contributed by atoms with Gasteiger partial charge in [0, 0.05) is 0 Å². The monoisotopic (exact) mass is 372 g/mol. The first-order chi connectivity index (χ1) is 6.24. The fourth-order valence-electron chi connectivity index (χ4n) is 1.62. The molecule has 1 aromatic rings. The van der Waals surface area contributed by atoms with Crippen molar-refractivity contribution in [1.29, 1.82) is 0 Å². The van der Waals surface area contributed by atoms with E-state index in [0.717, 1.165) is 44.3 Å². The van der Waals surface area contributed by atoms with Gasteiger partial charge in [0.25, 0.3) is 0 Å². The van der Waals surface area contributed by atoms with Gasteiger partial charge in [-0.25, -0.2) is 0 Å². The summed E-state index contributed by atoms with van der Waals surface area (Å²) in [5.74, 6) is 0.980. The number of nitrogens with one attached hydrogen (secondary N) is 1. The van der Waals surface area contributed by atoms with E-state index in [9.17, 15) is 0 Å². The van der Waals surface area contributed by atoms with E-state index in [0.29, 0.717) is 5.41 Å². The van der Waals surface area contributed by atoms with E-state index in [1.165, 1.54) is 5.56 Å². The molecule has 0 aromatic heterocycles. The zero-order chi connectivity index (χ0) is 9.31. The van der Waals surface area contributed by atoms with Gasteiger partial charge in [-0.05, 0) is 0 Å². The molecule has 1 aliphatic rings. The van der Waals surface area contributed by atoms with Crippen molar-refractivity contribution in [2.75, 3.05) is 13.1 Å². The van der Waals surface area contributed by atoms with Crippen molar-refractivity contribution in [2.24, 2.45) is 0 Å². The van der Waals surface area contributed by atoms with Crippen LogP contribution in [0.1, 0.15) is 12.5 Å². The van der Waals surface area contributed by atoms with Crippen molar-refractivity contribution >= 4 is 25.5 Å². The summed E-state index contributed by atoms with van der Waals surface area (Å²) >= 11 is 0.952.